The van der Waals surface area contributed by atoms with Crippen molar-refractivity contribution < 1.29 is 73.1 Å². The van der Waals surface area contributed by atoms with Crippen LogP contribution in [0.3, 0.4) is 0 Å². The minimum absolute atomic E-state index is 0. The summed E-state index contributed by atoms with van der Waals surface area (Å²) in [7, 11) is -1.55. The van der Waals surface area contributed by atoms with Crippen LogP contribution in [0.15, 0.2) is 117 Å². The molecule has 4 N–H and O–H groups in total. The maximum atomic E-state index is 12.1. The van der Waals surface area contributed by atoms with Gasteiger partial charge in [-0.25, -0.2) is 0 Å². The van der Waals surface area contributed by atoms with Gasteiger partial charge in [0.2, 0.25) is 7.37 Å². The first-order valence-corrected chi connectivity index (χ1v) is 43.6. The molecule has 14 rings (SSSR count). The smallest absolute Gasteiger partial charge is 0.870 e. The molecule has 0 amide bonds. The number of fused-ring (bicyclic) bond motifs is 3. The molecule has 120 heavy (non-hydrogen) atoms. The second kappa shape index (κ2) is 54.4. The van der Waals surface area contributed by atoms with Gasteiger partial charge >= 0.3 is 41.5 Å². The molecular formula is C89H124N20NaO9P. The van der Waals surface area contributed by atoms with E-state index in [1.165, 1.54) is 142 Å². The van der Waals surface area contributed by atoms with E-state index in [2.05, 4.69) is 86.5 Å². The van der Waals surface area contributed by atoms with Crippen LogP contribution in [0.5, 0.6) is 0 Å². The second-order valence-corrected chi connectivity index (χ2v) is 34.9. The number of carbonyl (C=O) groups is 3. The third-order valence-electron chi connectivity index (χ3n) is 21.5. The molecule has 0 bridgehead atoms. The number of aldehydes is 1. The van der Waals surface area contributed by atoms with Gasteiger partial charge < -0.3 is 34.4 Å². The van der Waals surface area contributed by atoms with Gasteiger partial charge in [0.25, 0.3) is 0 Å². The number of aliphatic hydroxyl groups excluding tert-OH is 1. The second-order valence-electron chi connectivity index (χ2n) is 32.3. The molecule has 0 aromatic carbocycles. The predicted molar refractivity (Wildman–Crippen MR) is 459 cm³/mol. The number of rotatable bonds is 19. The molecule has 31 heteroatoms. The Balaban J connectivity index is 0.000000309. The van der Waals surface area contributed by atoms with Gasteiger partial charge in [0.1, 0.15) is 12.4 Å². The van der Waals surface area contributed by atoms with E-state index in [9.17, 15) is 29.5 Å². The number of nitrogens with one attached hydrogen (secondary N) is 2. The van der Waals surface area contributed by atoms with Crippen LogP contribution in [0, 0.1) is 97.1 Å². The fourth-order valence-corrected chi connectivity index (χ4v) is 16.0. The molecule has 0 aliphatic heterocycles. The summed E-state index contributed by atoms with van der Waals surface area (Å²) in [6.07, 6.45) is 63.3. The molecule has 5 aliphatic carbocycles. The fourth-order valence-electron chi connectivity index (χ4n) is 15.1. The molecule has 3 unspecified atom stereocenters. The molecule has 0 saturated heterocycles. The van der Waals surface area contributed by atoms with Crippen LogP contribution < -0.4 is 29.6 Å². The van der Waals surface area contributed by atoms with Gasteiger partial charge in [-0.05, 0) is 155 Å². The first-order valence-electron chi connectivity index (χ1n) is 41.3. The van der Waals surface area contributed by atoms with Crippen molar-refractivity contribution in [1.82, 2.24) is 74.5 Å². The topological polar surface area (TPSA) is 432 Å². The van der Waals surface area contributed by atoms with Crippen molar-refractivity contribution in [3.05, 3.63) is 117 Å². The Hall–Kier alpha value is -9.86. The number of aliphatic hydroxyl groups is 1. The quantitative estimate of drug-likeness (QED) is 0.0222. The molecule has 640 valence electrons. The van der Waals surface area contributed by atoms with E-state index in [4.69, 9.17) is 34.9 Å². The molecule has 5 saturated carbocycles. The summed E-state index contributed by atoms with van der Waals surface area (Å²) >= 11 is 0. The summed E-state index contributed by atoms with van der Waals surface area (Å²) in [5, 5.41) is 93.9. The summed E-state index contributed by atoms with van der Waals surface area (Å²) < 4.78 is 34.0. The molecule has 29 nitrogen and oxygen atoms in total. The molecule has 5 aliphatic rings. The Morgan fingerprint density at radius 2 is 0.967 bits per heavy atom. The van der Waals surface area contributed by atoms with Crippen molar-refractivity contribution in [1.29, 1.82) is 26.3 Å². The van der Waals surface area contributed by atoms with E-state index in [0.29, 0.717) is 60.3 Å². The number of nitrogens with zero attached hydrogens (tertiary/aromatic N) is 18. The Bertz CT molecular complexity index is 4770. The van der Waals surface area contributed by atoms with Gasteiger partial charge in [0.05, 0.1) is 110 Å². The van der Waals surface area contributed by atoms with Crippen LogP contribution in [-0.4, -0.2) is 130 Å². The van der Waals surface area contributed by atoms with Crippen molar-refractivity contribution in [3.63, 3.8) is 0 Å². The van der Waals surface area contributed by atoms with Crippen molar-refractivity contribution in [2.45, 2.75) is 255 Å². The van der Waals surface area contributed by atoms with Crippen molar-refractivity contribution in [2.24, 2.45) is 40.4 Å². The molecule has 5 fully saturated rings. The zero-order valence-electron chi connectivity index (χ0n) is 71.3. The Labute approximate surface area is 730 Å². The number of ether oxygens (including phenoxy) is 2. The van der Waals surface area contributed by atoms with E-state index < -0.39 is 18.2 Å². The average Bonchev–Trinajstić information content (AvgIpc) is 1.64. The zero-order valence-corrected chi connectivity index (χ0v) is 74.2. The average molecular weight is 1670 g/mol. The van der Waals surface area contributed by atoms with Gasteiger partial charge in [0.15, 0.2) is 30.4 Å². The summed E-state index contributed by atoms with van der Waals surface area (Å²) in [6.45, 7) is 14.8. The standard InChI is InChI=1S/C24H30N6O2.C18H20N6.C15H17N5O2.2C9H13N.C7H12O.C5H10NO2P.CH4O.CH4.Na.H2O/c1-24(2,3)23(31)32-16-29-12-10-19-20(14-26-28-22(19)29)18-13-27-30(15-18)21(9-11-25)17-7-5-4-6-8-17;19-8-6-17(13-4-2-1-3-5-13)24-12-14(10-22-24)16-11-21-23-18-15(16)7-9-20-18;1-15(2,3)14(21)22-9-20-5-4-11-12(8-18-19-13(11)20)10-6-16-17-7-10;2*10-8-4-7-9-5-2-1-3-6-9;8-6-7-4-2-1-3-5-7;1-3-8-9(2,7)5-4-6;1-2;;;/h10,12-15,17,21H,4-9,16H2,1-3H3;7,9-13,17H,1-6H2,(H,20,23);4-8H,9H2,1-3H3,(H,16,17);2*4,7,9H,1-3,5-6H2;6-7H,1-5H2;3,5H2,1-2H3;2H,1H3;1H4;;1H2/q;;;;;;;;;+1;/p-1/b;;;2*7-4+;;;;;;. The van der Waals surface area contributed by atoms with E-state index in [1.807, 2.05) is 118 Å². The minimum Gasteiger partial charge on any atom is -0.870 e. The number of esters is 2. The molecule has 9 heterocycles. The number of allylic oxidation sites excluding steroid dienone is 4. The summed E-state index contributed by atoms with van der Waals surface area (Å²) in [5.41, 5.74) is 6.77. The molecule has 0 radical (unpaired) electrons. The summed E-state index contributed by atoms with van der Waals surface area (Å²) in [6, 6.07) is 16.7. The number of hydrogen-bond donors (Lipinski definition) is 3. The van der Waals surface area contributed by atoms with Crippen LogP contribution in [0.2, 0.25) is 0 Å². The molecule has 9 aromatic rings. The number of hydrogen-bond acceptors (Lipinski definition) is 23. The predicted octanol–water partition coefficient (Wildman–Crippen LogP) is 16.7. The third-order valence-corrected chi connectivity index (χ3v) is 23.0. The van der Waals surface area contributed by atoms with Crippen LogP contribution in [0.1, 0.15) is 241 Å². The van der Waals surface area contributed by atoms with Crippen LogP contribution in [0.4, 0.5) is 0 Å². The van der Waals surface area contributed by atoms with E-state index in [-0.39, 0.29) is 86.1 Å². The van der Waals surface area contributed by atoms with Gasteiger partial charge in [-0.3, -0.25) is 37.8 Å². The largest absolute Gasteiger partial charge is 1.00 e. The summed E-state index contributed by atoms with van der Waals surface area (Å²) in [4.78, 5) is 37.2. The first-order chi connectivity index (χ1) is 56.6. The number of nitriles is 5. The van der Waals surface area contributed by atoms with Gasteiger partial charge in [0, 0.05) is 119 Å². The maximum absolute atomic E-state index is 12.1. The fraction of sp³-hybridized carbons (Fsp3) is 0.562. The summed E-state index contributed by atoms with van der Waals surface area (Å²) in [5.74, 6) is 2.33. The monoisotopic (exact) mass is 1670 g/mol. The molecular weight excluding hydrogens is 1550 g/mol. The van der Waals surface area contributed by atoms with Crippen LogP contribution >= 0.6 is 7.37 Å². The van der Waals surface area contributed by atoms with Gasteiger partial charge in [-0.2, -0.15) is 56.9 Å². The van der Waals surface area contributed by atoms with Gasteiger partial charge in [-0.1, -0.05) is 116 Å². The van der Waals surface area contributed by atoms with E-state index >= 15 is 0 Å². The number of carbonyl (C=O) groups excluding carboxylic acids is 3. The van der Waals surface area contributed by atoms with Crippen LogP contribution in [0.25, 0.3) is 66.5 Å². The molecule has 3 atom stereocenters. The Kier molecular flexibility index (Phi) is 46.5. The SMILES string of the molecule is C.CC(C)(C)C(=O)OCn1ccc2c(-c3cn[nH]c3)cnnc21.CC(C)(C)C(=O)OCn1ccc2c(-c3cnn(C(CC#N)C4CCCCC4)c3)cnnc21.CCOP(C)(=O)CC#N.CO.N#C/C=C/C1CCCCC1.N#C/C=C/C1CCCCC1.N#CCC(C1CCCCC1)n1cc(-c2cnnc3[nH]ccc23)cn1.O=CC1CCCCC1.[Na+].[OH-]. The Morgan fingerprint density at radius 1 is 0.567 bits per heavy atom. The normalized spacial score (nSPS) is 16.1. The third kappa shape index (κ3) is 32.6. The van der Waals surface area contributed by atoms with E-state index in [0.717, 1.165) is 94.3 Å². The van der Waals surface area contributed by atoms with Gasteiger partial charge in [-0.15, -0.1) is 15.3 Å². The van der Waals surface area contributed by atoms with Crippen LogP contribution in [-0.2, 0) is 46.4 Å². The number of aromatic nitrogens is 15. The van der Waals surface area contributed by atoms with E-state index in [1.54, 1.807) is 65.3 Å². The Morgan fingerprint density at radius 3 is 1.33 bits per heavy atom. The van der Waals surface area contributed by atoms with Crippen molar-refractivity contribution >= 4 is 58.7 Å². The first kappa shape index (κ1) is 102. The zero-order chi connectivity index (χ0) is 84.4. The molecule has 9 aromatic heterocycles. The van der Waals surface area contributed by atoms with Crippen molar-refractivity contribution in [3.8, 4) is 63.7 Å². The number of aromatic amines is 2. The minimum atomic E-state index is -2.55. The molecule has 0 spiro atoms. The maximum Gasteiger partial charge on any atom is 1.00 e. The van der Waals surface area contributed by atoms with Crippen molar-refractivity contribution in [2.75, 3.05) is 26.5 Å². The number of H-pyrrole nitrogens is 2.